The standard InChI is InChI=1S/C21H21Cl2N3O2/c1-13-2-3-15-8-17(5-7-20(15)24-13)28-12-14-10-26(11-14)21(27)25-16-4-6-18(22)19(23)9-16/h4-9,14,24H,1-3,10-12H2,(H,25,27). The Balaban J connectivity index is 1.24. The lowest BCUT2D eigenvalue weighted by molar-refractivity contribution is 0.0924. The van der Waals surface area contributed by atoms with E-state index >= 15 is 0 Å². The maximum absolute atomic E-state index is 12.3. The number of carbonyl (C=O) groups excluding carboxylic acids is 1. The van der Waals surface area contributed by atoms with Crippen molar-refractivity contribution in [3.63, 3.8) is 0 Å². The number of hydrogen-bond acceptors (Lipinski definition) is 3. The third-order valence-electron chi connectivity index (χ3n) is 4.99. The number of halogens is 2. The first kappa shape index (κ1) is 19.0. The molecule has 2 aromatic rings. The van der Waals surface area contributed by atoms with Gasteiger partial charge in [0.2, 0.25) is 0 Å². The minimum Gasteiger partial charge on any atom is -0.493 e. The van der Waals surface area contributed by atoms with Crippen molar-refractivity contribution in [3.05, 3.63) is 64.3 Å². The highest BCUT2D eigenvalue weighted by atomic mass is 35.5. The average Bonchev–Trinajstić information content (AvgIpc) is 2.63. The Kier molecular flexibility index (Phi) is 5.38. The molecule has 0 saturated carbocycles. The summed E-state index contributed by atoms with van der Waals surface area (Å²) < 4.78 is 5.94. The minimum atomic E-state index is -0.144. The Morgan fingerprint density at radius 1 is 1.18 bits per heavy atom. The molecule has 0 radical (unpaired) electrons. The fourth-order valence-electron chi connectivity index (χ4n) is 3.36. The van der Waals surface area contributed by atoms with Gasteiger partial charge in [-0.25, -0.2) is 4.79 Å². The highest BCUT2D eigenvalue weighted by Gasteiger charge is 2.31. The minimum absolute atomic E-state index is 0.144. The Morgan fingerprint density at radius 2 is 2.00 bits per heavy atom. The summed E-state index contributed by atoms with van der Waals surface area (Å²) in [7, 11) is 0. The van der Waals surface area contributed by atoms with Gasteiger partial charge in [-0.15, -0.1) is 0 Å². The van der Waals surface area contributed by atoms with Gasteiger partial charge >= 0.3 is 6.03 Å². The fraction of sp³-hybridized carbons (Fsp3) is 0.286. The molecule has 1 saturated heterocycles. The summed E-state index contributed by atoms with van der Waals surface area (Å²) >= 11 is 11.9. The van der Waals surface area contributed by atoms with Crippen LogP contribution in [0.1, 0.15) is 12.0 Å². The molecule has 5 nitrogen and oxygen atoms in total. The van der Waals surface area contributed by atoms with E-state index in [2.05, 4.69) is 23.3 Å². The predicted octanol–water partition coefficient (Wildman–Crippen LogP) is 5.41. The molecule has 1 fully saturated rings. The third-order valence-corrected chi connectivity index (χ3v) is 5.72. The fourth-order valence-corrected chi connectivity index (χ4v) is 3.66. The summed E-state index contributed by atoms with van der Waals surface area (Å²) in [6, 6.07) is 11.0. The number of urea groups is 1. The first-order valence-electron chi connectivity index (χ1n) is 9.19. The molecule has 0 spiro atoms. The van der Waals surface area contributed by atoms with Crippen molar-refractivity contribution >= 4 is 40.6 Å². The van der Waals surface area contributed by atoms with E-state index in [1.165, 1.54) is 5.56 Å². The Labute approximate surface area is 174 Å². The second kappa shape index (κ2) is 7.94. The molecule has 2 heterocycles. The highest BCUT2D eigenvalue weighted by molar-refractivity contribution is 6.42. The van der Waals surface area contributed by atoms with Crippen molar-refractivity contribution in [3.8, 4) is 5.75 Å². The zero-order chi connectivity index (χ0) is 19.7. The van der Waals surface area contributed by atoms with Crippen LogP contribution in [-0.4, -0.2) is 30.6 Å². The van der Waals surface area contributed by atoms with Gasteiger partial charge in [-0.1, -0.05) is 29.8 Å². The largest absolute Gasteiger partial charge is 0.493 e. The number of allylic oxidation sites excluding steroid dienone is 1. The van der Waals surface area contributed by atoms with Crippen LogP contribution in [0.3, 0.4) is 0 Å². The topological polar surface area (TPSA) is 53.6 Å². The van der Waals surface area contributed by atoms with Gasteiger partial charge in [-0.3, -0.25) is 0 Å². The molecule has 2 aliphatic heterocycles. The first-order valence-corrected chi connectivity index (χ1v) is 9.95. The molecule has 4 rings (SSSR count). The monoisotopic (exact) mass is 417 g/mol. The van der Waals surface area contributed by atoms with Gasteiger partial charge in [0.1, 0.15) is 5.75 Å². The molecule has 2 aliphatic rings. The van der Waals surface area contributed by atoms with Crippen molar-refractivity contribution in [2.45, 2.75) is 12.8 Å². The van der Waals surface area contributed by atoms with E-state index in [9.17, 15) is 4.79 Å². The molecule has 7 heteroatoms. The van der Waals surface area contributed by atoms with Crippen LogP contribution in [0.25, 0.3) is 0 Å². The molecule has 28 heavy (non-hydrogen) atoms. The van der Waals surface area contributed by atoms with Gasteiger partial charge in [0.05, 0.1) is 16.7 Å². The third kappa shape index (κ3) is 4.21. The van der Waals surface area contributed by atoms with E-state index < -0.39 is 0 Å². The highest BCUT2D eigenvalue weighted by Crippen LogP contribution is 2.30. The van der Waals surface area contributed by atoms with Crippen LogP contribution in [0.15, 0.2) is 48.7 Å². The van der Waals surface area contributed by atoms with Crippen LogP contribution in [0.2, 0.25) is 10.0 Å². The van der Waals surface area contributed by atoms with Gasteiger partial charge in [0, 0.05) is 36.1 Å². The summed E-state index contributed by atoms with van der Waals surface area (Å²) in [5, 5.41) is 7.01. The van der Waals surface area contributed by atoms with E-state index in [1.54, 1.807) is 23.1 Å². The first-order chi connectivity index (χ1) is 13.5. The number of aryl methyl sites for hydroxylation is 1. The number of rotatable bonds is 4. The molecular formula is C21H21Cl2N3O2. The van der Waals surface area contributed by atoms with Crippen LogP contribution in [-0.2, 0) is 6.42 Å². The average molecular weight is 418 g/mol. The molecule has 2 amide bonds. The number of ether oxygens (including phenoxy) is 1. The molecule has 0 bridgehead atoms. The van der Waals surface area contributed by atoms with Crippen molar-refractivity contribution in [2.24, 2.45) is 5.92 Å². The lowest BCUT2D eigenvalue weighted by Gasteiger charge is -2.38. The predicted molar refractivity (Wildman–Crippen MR) is 114 cm³/mol. The van der Waals surface area contributed by atoms with E-state index in [1.807, 2.05) is 12.1 Å². The smallest absolute Gasteiger partial charge is 0.321 e. The van der Waals surface area contributed by atoms with Crippen LogP contribution in [0, 0.1) is 5.92 Å². The number of likely N-dealkylation sites (tertiary alicyclic amines) is 1. The second-order valence-electron chi connectivity index (χ2n) is 7.19. The van der Waals surface area contributed by atoms with Crippen molar-refractivity contribution < 1.29 is 9.53 Å². The normalized spacial score (nSPS) is 16.1. The van der Waals surface area contributed by atoms with Crippen molar-refractivity contribution in [1.82, 2.24) is 4.90 Å². The maximum Gasteiger partial charge on any atom is 0.321 e. The molecule has 0 aliphatic carbocycles. The number of benzene rings is 2. The van der Waals surface area contributed by atoms with Crippen molar-refractivity contribution in [1.29, 1.82) is 0 Å². The number of carbonyl (C=O) groups is 1. The second-order valence-corrected chi connectivity index (χ2v) is 8.00. The number of nitrogens with one attached hydrogen (secondary N) is 2. The van der Waals surface area contributed by atoms with Gasteiger partial charge in [-0.2, -0.15) is 0 Å². The van der Waals surface area contributed by atoms with Crippen LogP contribution in [0.4, 0.5) is 16.2 Å². The van der Waals surface area contributed by atoms with Crippen LogP contribution in [0.5, 0.6) is 5.75 Å². The number of anilines is 2. The van der Waals surface area contributed by atoms with E-state index in [-0.39, 0.29) is 6.03 Å². The number of hydrogen-bond donors (Lipinski definition) is 2. The summed E-state index contributed by atoms with van der Waals surface area (Å²) in [6.07, 6.45) is 1.92. The SMILES string of the molecule is C=C1CCc2cc(OCC3CN(C(=O)Nc4ccc(Cl)c(Cl)c4)C3)ccc2N1. The van der Waals surface area contributed by atoms with E-state index in [4.69, 9.17) is 27.9 Å². The molecule has 0 unspecified atom stereocenters. The molecule has 2 aromatic carbocycles. The van der Waals surface area contributed by atoms with Gasteiger partial charge in [0.15, 0.2) is 0 Å². The van der Waals surface area contributed by atoms with E-state index in [0.29, 0.717) is 41.3 Å². The summed E-state index contributed by atoms with van der Waals surface area (Å²) in [6.45, 7) is 5.90. The Hall–Kier alpha value is -2.37. The van der Waals surface area contributed by atoms with Gasteiger partial charge in [0.25, 0.3) is 0 Å². The number of amides is 2. The lowest BCUT2D eigenvalue weighted by atomic mass is 10.0. The van der Waals surface area contributed by atoms with E-state index in [0.717, 1.165) is 30.0 Å². The molecule has 0 atom stereocenters. The zero-order valence-corrected chi connectivity index (χ0v) is 16.8. The van der Waals surface area contributed by atoms with Gasteiger partial charge in [-0.05, 0) is 54.8 Å². The molecular weight excluding hydrogens is 397 g/mol. The number of fused-ring (bicyclic) bond motifs is 1. The summed E-state index contributed by atoms with van der Waals surface area (Å²) in [4.78, 5) is 14.0. The zero-order valence-electron chi connectivity index (χ0n) is 15.3. The molecule has 2 N–H and O–H groups in total. The molecule has 146 valence electrons. The quantitative estimate of drug-likeness (QED) is 0.699. The molecule has 0 aromatic heterocycles. The maximum atomic E-state index is 12.3. The number of nitrogens with zero attached hydrogens (tertiary/aromatic N) is 1. The van der Waals surface area contributed by atoms with Crippen LogP contribution >= 0.6 is 23.2 Å². The Bertz CT molecular complexity index is 926. The summed E-state index contributed by atoms with van der Waals surface area (Å²) in [5.41, 5.74) is 4.04. The summed E-state index contributed by atoms with van der Waals surface area (Å²) in [5.74, 6) is 1.19. The van der Waals surface area contributed by atoms with Crippen LogP contribution < -0.4 is 15.4 Å². The lowest BCUT2D eigenvalue weighted by Crippen LogP contribution is -2.53. The van der Waals surface area contributed by atoms with Gasteiger partial charge < -0.3 is 20.3 Å². The Morgan fingerprint density at radius 3 is 2.79 bits per heavy atom. The van der Waals surface area contributed by atoms with Crippen molar-refractivity contribution in [2.75, 3.05) is 30.3 Å².